The second-order valence-corrected chi connectivity index (χ2v) is 9.13. The zero-order valence-corrected chi connectivity index (χ0v) is 19.7. The van der Waals surface area contributed by atoms with Gasteiger partial charge in [-0.15, -0.1) is 0 Å². The molecule has 2 aliphatic heterocycles. The predicted octanol–water partition coefficient (Wildman–Crippen LogP) is 4.48. The van der Waals surface area contributed by atoms with E-state index >= 15 is 0 Å². The van der Waals surface area contributed by atoms with E-state index in [0.717, 1.165) is 17.8 Å². The second kappa shape index (κ2) is 10.9. The zero-order valence-electron chi connectivity index (χ0n) is 19.7. The van der Waals surface area contributed by atoms with Gasteiger partial charge in [0.15, 0.2) is 0 Å². The molecule has 0 atom stereocenters. The Bertz CT molecular complexity index is 1080. The Labute approximate surface area is 197 Å². The highest BCUT2D eigenvalue weighted by Gasteiger charge is 2.23. The zero-order chi connectivity index (χ0) is 23.2. The number of nitrogens with zero attached hydrogens (tertiary/aromatic N) is 1. The first-order valence-electron chi connectivity index (χ1n) is 11.8. The Kier molecular flexibility index (Phi) is 7.76. The summed E-state index contributed by atoms with van der Waals surface area (Å²) in [4.78, 5) is 13.0. The van der Waals surface area contributed by atoms with Gasteiger partial charge in [0, 0.05) is 12.1 Å². The third kappa shape index (κ3) is 5.80. The lowest BCUT2D eigenvalue weighted by molar-refractivity contribution is 0.112. The van der Waals surface area contributed by atoms with Crippen LogP contribution >= 0.6 is 0 Å². The van der Waals surface area contributed by atoms with Crippen LogP contribution in [0, 0.1) is 0 Å². The summed E-state index contributed by atoms with van der Waals surface area (Å²) < 4.78 is 5.60. The normalized spacial score (nSPS) is 16.2. The molecule has 33 heavy (non-hydrogen) atoms. The number of fused-ring (bicyclic) bond motifs is 1. The minimum atomic E-state index is 0.200. The Hall–Kier alpha value is -2.73. The highest BCUT2D eigenvalue weighted by atomic mass is 16.4. The molecule has 2 aliphatic rings. The van der Waals surface area contributed by atoms with Crippen molar-refractivity contribution in [2.75, 3.05) is 20.1 Å². The molecule has 0 bridgehead atoms. The molecular weight excluding hydrogens is 407 g/mol. The third-order valence-corrected chi connectivity index (χ3v) is 6.83. The maximum atomic E-state index is 10.6. The van der Waals surface area contributed by atoms with Crippen LogP contribution in [0.3, 0.4) is 0 Å². The number of rotatable bonds is 4. The summed E-state index contributed by atoms with van der Waals surface area (Å²) >= 11 is 0. The lowest BCUT2D eigenvalue weighted by Gasteiger charge is -2.29. The number of hydrogen-bond donors (Lipinski definition) is 1. The maximum absolute atomic E-state index is 10.6. The average molecular weight is 440 g/mol. The molecule has 4 nitrogen and oxygen atoms in total. The van der Waals surface area contributed by atoms with Crippen molar-refractivity contribution in [3.63, 3.8) is 0 Å². The Morgan fingerprint density at radius 1 is 1.03 bits per heavy atom. The number of nitrogens with two attached hydrogens (primary N) is 1. The van der Waals surface area contributed by atoms with E-state index < -0.39 is 0 Å². The van der Waals surface area contributed by atoms with E-state index in [4.69, 9.17) is 10.4 Å². The van der Waals surface area contributed by atoms with E-state index in [9.17, 15) is 4.79 Å². The van der Waals surface area contributed by atoms with Crippen molar-refractivity contribution in [2.24, 2.45) is 5.73 Å². The number of hydrogen-bond acceptors (Lipinski definition) is 4. The van der Waals surface area contributed by atoms with Crippen molar-refractivity contribution >= 4 is 18.7 Å². The van der Waals surface area contributed by atoms with E-state index in [1.54, 1.807) is 0 Å². The number of carbonyl (C=O) groups excluding carboxylic acids is 1. The molecule has 0 saturated carbocycles. The van der Waals surface area contributed by atoms with Gasteiger partial charge < -0.3 is 15.3 Å². The van der Waals surface area contributed by atoms with Gasteiger partial charge in [-0.2, -0.15) is 0 Å². The third-order valence-electron chi connectivity index (χ3n) is 6.83. The summed E-state index contributed by atoms with van der Waals surface area (Å²) in [6, 6.07) is 22.8. The molecule has 0 spiro atoms. The summed E-state index contributed by atoms with van der Waals surface area (Å²) in [5.74, 6) is 0.743. The molecule has 5 heteroatoms. The number of benzene rings is 3. The van der Waals surface area contributed by atoms with Crippen molar-refractivity contribution in [1.29, 1.82) is 0 Å². The molecule has 1 fully saturated rings. The van der Waals surface area contributed by atoms with E-state index in [0.29, 0.717) is 18.7 Å². The molecule has 0 aromatic heterocycles. The number of likely N-dealkylation sites (tertiary alicyclic amines) is 1. The van der Waals surface area contributed by atoms with Crippen LogP contribution in [0.4, 0.5) is 0 Å². The Balaban J connectivity index is 0.000000160. The van der Waals surface area contributed by atoms with Crippen LogP contribution in [-0.4, -0.2) is 38.2 Å². The summed E-state index contributed by atoms with van der Waals surface area (Å²) in [6.45, 7) is 6.06. The molecule has 0 unspecified atom stereocenters. The van der Waals surface area contributed by atoms with Crippen LogP contribution < -0.4 is 11.2 Å². The lowest BCUT2D eigenvalue weighted by Crippen LogP contribution is -2.29. The van der Waals surface area contributed by atoms with Gasteiger partial charge in [-0.05, 0) is 78.2 Å². The van der Waals surface area contributed by atoms with E-state index in [2.05, 4.69) is 61.2 Å². The number of carbonyl (C=O) groups is 1. The van der Waals surface area contributed by atoms with Crippen molar-refractivity contribution in [3.8, 4) is 11.1 Å². The molecule has 170 valence electrons. The fraction of sp³-hybridized carbons (Fsp3) is 0.321. The lowest BCUT2D eigenvalue weighted by atomic mass is 9.64. The summed E-state index contributed by atoms with van der Waals surface area (Å²) in [5.41, 5.74) is 13.9. The molecular formula is C28H33BN2O2. The van der Waals surface area contributed by atoms with Crippen LogP contribution in [0.5, 0.6) is 0 Å². The van der Waals surface area contributed by atoms with Gasteiger partial charge in [0.05, 0.1) is 6.61 Å². The summed E-state index contributed by atoms with van der Waals surface area (Å²) in [5, 5.41) is 0. The van der Waals surface area contributed by atoms with Gasteiger partial charge in [-0.1, -0.05) is 67.5 Å². The molecule has 1 saturated heterocycles. The molecule has 5 rings (SSSR count). The molecule has 0 aliphatic carbocycles. The van der Waals surface area contributed by atoms with Crippen LogP contribution in [0.25, 0.3) is 11.1 Å². The monoisotopic (exact) mass is 440 g/mol. The van der Waals surface area contributed by atoms with Crippen molar-refractivity contribution in [1.82, 2.24) is 4.90 Å². The van der Waals surface area contributed by atoms with E-state index in [1.165, 1.54) is 53.6 Å². The van der Waals surface area contributed by atoms with E-state index in [-0.39, 0.29) is 6.92 Å². The summed E-state index contributed by atoms with van der Waals surface area (Å²) in [7, 11) is 2.20. The SMILES string of the molecule is CB1OCc2cc(-c3ccc(C=O)cc3)ccc21.CN1CCC(c2cccc(CN)c2)CC1. The largest absolute Gasteiger partial charge is 0.427 e. The van der Waals surface area contributed by atoms with Crippen LogP contribution in [-0.2, 0) is 17.8 Å². The number of aldehydes is 1. The van der Waals surface area contributed by atoms with Gasteiger partial charge in [0.25, 0.3) is 0 Å². The summed E-state index contributed by atoms with van der Waals surface area (Å²) in [6.07, 6.45) is 3.43. The van der Waals surface area contributed by atoms with E-state index in [1.807, 2.05) is 24.3 Å². The fourth-order valence-electron chi connectivity index (χ4n) is 4.68. The molecule has 2 heterocycles. The standard InChI is InChI=1S/C15H13BO2.C13H20N2/c1-16-15-7-6-13(8-14(15)10-18-16)12-4-2-11(9-17)3-5-12;1-15-7-5-12(6-8-15)13-4-2-3-11(9-13)10-14/h2-9H,10H2,1H3;2-4,9,12H,5-8,10,14H2,1H3. The smallest absolute Gasteiger partial charge is 0.324 e. The molecule has 0 amide bonds. The van der Waals surface area contributed by atoms with Crippen LogP contribution in [0.1, 0.15) is 45.8 Å². The molecule has 0 radical (unpaired) electrons. The predicted molar refractivity (Wildman–Crippen MR) is 137 cm³/mol. The Morgan fingerprint density at radius 2 is 1.76 bits per heavy atom. The van der Waals surface area contributed by atoms with Crippen LogP contribution in [0.15, 0.2) is 66.7 Å². The van der Waals surface area contributed by atoms with Crippen molar-refractivity contribution in [2.45, 2.75) is 38.7 Å². The quantitative estimate of drug-likeness (QED) is 0.480. The highest BCUT2D eigenvalue weighted by molar-refractivity contribution is 6.67. The van der Waals surface area contributed by atoms with Gasteiger partial charge >= 0.3 is 6.92 Å². The molecule has 3 aromatic carbocycles. The van der Waals surface area contributed by atoms with Gasteiger partial charge in [-0.25, -0.2) is 0 Å². The van der Waals surface area contributed by atoms with Crippen molar-refractivity contribution in [3.05, 3.63) is 89.0 Å². The molecule has 3 aromatic rings. The first-order valence-corrected chi connectivity index (χ1v) is 11.8. The highest BCUT2D eigenvalue weighted by Crippen LogP contribution is 2.28. The average Bonchev–Trinajstić information content (AvgIpc) is 3.25. The second-order valence-electron chi connectivity index (χ2n) is 9.13. The molecule has 2 N–H and O–H groups in total. The minimum absolute atomic E-state index is 0.200. The van der Waals surface area contributed by atoms with Crippen LogP contribution in [0.2, 0.25) is 6.82 Å². The Morgan fingerprint density at radius 3 is 2.45 bits per heavy atom. The van der Waals surface area contributed by atoms with Gasteiger partial charge in [0.2, 0.25) is 0 Å². The topological polar surface area (TPSA) is 55.6 Å². The first kappa shape index (κ1) is 23.4. The maximum Gasteiger partial charge on any atom is 0.324 e. The fourth-order valence-corrected chi connectivity index (χ4v) is 4.68. The number of piperidine rings is 1. The minimum Gasteiger partial charge on any atom is -0.427 e. The first-order chi connectivity index (χ1) is 16.1. The van der Waals surface area contributed by atoms with Gasteiger partial charge in [0.1, 0.15) is 6.29 Å². The van der Waals surface area contributed by atoms with Crippen molar-refractivity contribution < 1.29 is 9.45 Å². The van der Waals surface area contributed by atoms with Gasteiger partial charge in [-0.3, -0.25) is 4.79 Å².